The molecule has 44 heavy (non-hydrogen) atoms. The average molecular weight is 571 g/mol. The molecule has 0 fully saturated rings. The zero-order chi connectivity index (χ0) is 30.4. The fraction of sp³-hybridized carbons (Fsp3) is 0.0952. The van der Waals surface area contributed by atoms with Gasteiger partial charge in [-0.05, 0) is 94.9 Å². The lowest BCUT2D eigenvalue weighted by atomic mass is 9.87. The molecule has 0 heterocycles. The first-order chi connectivity index (χ1) is 21.5. The summed E-state index contributed by atoms with van der Waals surface area (Å²) in [5.74, 6) is 0. The number of hydrogen-bond donors (Lipinski definition) is 0. The number of para-hydroxylation sites is 3. The zero-order valence-corrected chi connectivity index (χ0v) is 25.6. The molecular weight excluding hydrogens is 532 g/mol. The normalized spacial score (nSPS) is 11.4. The van der Waals surface area contributed by atoms with Crippen LogP contribution < -0.4 is 9.80 Å². The summed E-state index contributed by atoms with van der Waals surface area (Å²) in [5.41, 5.74) is 10.6. The Kier molecular flexibility index (Phi) is 8.43. The number of rotatable bonds is 8. The third-order valence-corrected chi connectivity index (χ3v) is 7.81. The van der Waals surface area contributed by atoms with Gasteiger partial charge in [0.25, 0.3) is 0 Å². The van der Waals surface area contributed by atoms with Crippen LogP contribution in [0, 0.1) is 0 Å². The van der Waals surface area contributed by atoms with Gasteiger partial charge >= 0.3 is 0 Å². The van der Waals surface area contributed by atoms with Gasteiger partial charge in [-0.15, -0.1) is 0 Å². The van der Waals surface area contributed by atoms with Crippen LogP contribution in [0.1, 0.15) is 37.5 Å². The standard InChI is InChI=1S/C42H38N2/c1-42(2,3)35-25-31-41(32-26-35)44(38-17-11-6-12-18-38)40-29-23-34(24-30-40)20-19-33-21-27-39(28-22-33)43(36-13-7-4-8-14-36)37-15-9-5-10-16-37/h4-32H,1-3H3/b20-19+. The highest BCUT2D eigenvalue weighted by Crippen LogP contribution is 2.36. The van der Waals surface area contributed by atoms with Gasteiger partial charge in [0.2, 0.25) is 0 Å². The van der Waals surface area contributed by atoms with Crippen molar-refractivity contribution in [1.82, 2.24) is 0 Å². The molecule has 2 nitrogen and oxygen atoms in total. The Labute approximate surface area is 262 Å². The van der Waals surface area contributed by atoms with E-state index in [0.29, 0.717) is 0 Å². The molecule has 0 N–H and O–H groups in total. The van der Waals surface area contributed by atoms with Crippen molar-refractivity contribution >= 4 is 46.3 Å². The molecule has 6 aromatic rings. The average Bonchev–Trinajstić information content (AvgIpc) is 3.07. The van der Waals surface area contributed by atoms with Crippen LogP contribution in [-0.4, -0.2) is 0 Å². The van der Waals surface area contributed by atoms with E-state index in [2.05, 4.69) is 207 Å². The number of anilines is 6. The second-order valence-corrected chi connectivity index (χ2v) is 12.0. The molecule has 0 bridgehead atoms. The first kappa shape index (κ1) is 28.8. The molecule has 0 radical (unpaired) electrons. The van der Waals surface area contributed by atoms with E-state index in [1.807, 2.05) is 0 Å². The van der Waals surface area contributed by atoms with E-state index in [4.69, 9.17) is 0 Å². The van der Waals surface area contributed by atoms with Gasteiger partial charge in [-0.2, -0.15) is 0 Å². The summed E-state index contributed by atoms with van der Waals surface area (Å²) in [6, 6.07) is 58.0. The van der Waals surface area contributed by atoms with Crippen LogP contribution in [0.4, 0.5) is 34.1 Å². The highest BCUT2D eigenvalue weighted by atomic mass is 15.1. The van der Waals surface area contributed by atoms with Crippen molar-refractivity contribution in [1.29, 1.82) is 0 Å². The Morgan fingerprint density at radius 1 is 0.341 bits per heavy atom. The van der Waals surface area contributed by atoms with Gasteiger partial charge in [-0.1, -0.05) is 124 Å². The van der Waals surface area contributed by atoms with Crippen molar-refractivity contribution in [3.05, 3.63) is 180 Å². The zero-order valence-electron chi connectivity index (χ0n) is 25.6. The van der Waals surface area contributed by atoms with E-state index in [1.54, 1.807) is 0 Å². The van der Waals surface area contributed by atoms with Crippen molar-refractivity contribution in [3.8, 4) is 0 Å². The smallest absolute Gasteiger partial charge is 0.0462 e. The topological polar surface area (TPSA) is 6.48 Å². The van der Waals surface area contributed by atoms with E-state index >= 15 is 0 Å². The Bertz CT molecular complexity index is 1740. The highest BCUT2D eigenvalue weighted by Gasteiger charge is 2.16. The second-order valence-electron chi connectivity index (χ2n) is 12.0. The van der Waals surface area contributed by atoms with Crippen molar-refractivity contribution in [2.45, 2.75) is 26.2 Å². The Hall–Kier alpha value is -5.34. The quantitative estimate of drug-likeness (QED) is 0.168. The van der Waals surface area contributed by atoms with Crippen LogP contribution >= 0.6 is 0 Å². The van der Waals surface area contributed by atoms with Gasteiger partial charge in [-0.3, -0.25) is 0 Å². The molecule has 6 rings (SSSR count). The lowest BCUT2D eigenvalue weighted by molar-refractivity contribution is 0.590. The summed E-state index contributed by atoms with van der Waals surface area (Å²) in [4.78, 5) is 4.59. The largest absolute Gasteiger partial charge is 0.311 e. The van der Waals surface area contributed by atoms with Crippen LogP contribution in [-0.2, 0) is 5.41 Å². The molecule has 0 aliphatic rings. The summed E-state index contributed by atoms with van der Waals surface area (Å²) in [7, 11) is 0. The van der Waals surface area contributed by atoms with Gasteiger partial charge in [0.15, 0.2) is 0 Å². The molecule has 0 saturated heterocycles. The highest BCUT2D eigenvalue weighted by molar-refractivity contribution is 5.80. The minimum absolute atomic E-state index is 0.119. The number of nitrogens with zero attached hydrogens (tertiary/aromatic N) is 2. The first-order valence-electron chi connectivity index (χ1n) is 15.2. The molecule has 2 heteroatoms. The lowest BCUT2D eigenvalue weighted by Crippen LogP contribution is -2.13. The predicted molar refractivity (Wildman–Crippen MR) is 190 cm³/mol. The van der Waals surface area contributed by atoms with Gasteiger partial charge < -0.3 is 9.80 Å². The predicted octanol–water partition coefficient (Wildman–Crippen LogP) is 12.1. The molecular formula is C42H38N2. The third kappa shape index (κ3) is 6.66. The molecule has 6 aromatic carbocycles. The fourth-order valence-electron chi connectivity index (χ4n) is 5.40. The van der Waals surface area contributed by atoms with Crippen molar-refractivity contribution in [3.63, 3.8) is 0 Å². The molecule has 0 amide bonds. The van der Waals surface area contributed by atoms with Crippen molar-refractivity contribution < 1.29 is 0 Å². The second kappa shape index (κ2) is 12.9. The van der Waals surface area contributed by atoms with Crippen LogP contribution in [0.25, 0.3) is 12.2 Å². The minimum Gasteiger partial charge on any atom is -0.311 e. The maximum absolute atomic E-state index is 2.31. The Morgan fingerprint density at radius 3 is 0.909 bits per heavy atom. The van der Waals surface area contributed by atoms with Crippen LogP contribution in [0.5, 0.6) is 0 Å². The third-order valence-electron chi connectivity index (χ3n) is 7.81. The summed E-state index contributed by atoms with van der Waals surface area (Å²) >= 11 is 0. The molecule has 0 aliphatic heterocycles. The Balaban J connectivity index is 1.22. The van der Waals surface area contributed by atoms with Gasteiger partial charge in [0.05, 0.1) is 0 Å². The maximum atomic E-state index is 2.31. The van der Waals surface area contributed by atoms with E-state index in [-0.39, 0.29) is 5.41 Å². The molecule has 216 valence electrons. The van der Waals surface area contributed by atoms with E-state index in [1.165, 1.54) is 5.56 Å². The van der Waals surface area contributed by atoms with Crippen LogP contribution in [0.2, 0.25) is 0 Å². The summed E-state index contributed by atoms with van der Waals surface area (Å²) in [6.45, 7) is 6.76. The van der Waals surface area contributed by atoms with Gasteiger partial charge in [-0.25, -0.2) is 0 Å². The van der Waals surface area contributed by atoms with Crippen LogP contribution in [0.3, 0.4) is 0 Å². The lowest BCUT2D eigenvalue weighted by Gasteiger charge is -2.27. The van der Waals surface area contributed by atoms with E-state index < -0.39 is 0 Å². The Morgan fingerprint density at radius 2 is 0.614 bits per heavy atom. The SMILES string of the molecule is CC(C)(C)c1ccc(N(c2ccccc2)c2ccc(/C=C/c3ccc(N(c4ccccc4)c4ccccc4)cc3)cc2)cc1. The maximum Gasteiger partial charge on any atom is 0.0462 e. The molecule has 0 spiro atoms. The van der Waals surface area contributed by atoms with E-state index in [9.17, 15) is 0 Å². The molecule has 0 unspecified atom stereocenters. The van der Waals surface area contributed by atoms with Crippen molar-refractivity contribution in [2.24, 2.45) is 0 Å². The van der Waals surface area contributed by atoms with Gasteiger partial charge in [0.1, 0.15) is 0 Å². The van der Waals surface area contributed by atoms with Crippen molar-refractivity contribution in [2.75, 3.05) is 9.80 Å². The van der Waals surface area contributed by atoms with Crippen LogP contribution in [0.15, 0.2) is 164 Å². The van der Waals surface area contributed by atoms with E-state index in [0.717, 1.165) is 45.3 Å². The fourth-order valence-corrected chi connectivity index (χ4v) is 5.40. The molecule has 0 atom stereocenters. The molecule has 0 saturated carbocycles. The molecule has 0 aromatic heterocycles. The summed E-state index contributed by atoms with van der Waals surface area (Å²) < 4.78 is 0. The summed E-state index contributed by atoms with van der Waals surface area (Å²) in [5, 5.41) is 0. The minimum atomic E-state index is 0.119. The molecule has 0 aliphatic carbocycles. The first-order valence-corrected chi connectivity index (χ1v) is 15.2. The monoisotopic (exact) mass is 570 g/mol. The summed E-state index contributed by atoms with van der Waals surface area (Å²) in [6.07, 6.45) is 4.35. The number of hydrogen-bond acceptors (Lipinski definition) is 2. The number of benzene rings is 6. The van der Waals surface area contributed by atoms with Gasteiger partial charge in [0, 0.05) is 34.1 Å².